The molecule has 2 N–H and O–H groups in total. The van der Waals surface area contributed by atoms with Gasteiger partial charge in [0.2, 0.25) is 0 Å². The highest BCUT2D eigenvalue weighted by Gasteiger charge is 2.49. The summed E-state index contributed by atoms with van der Waals surface area (Å²) in [6.45, 7) is 1.93. The molecule has 2 saturated heterocycles. The molecule has 3 aliphatic rings. The minimum absolute atomic E-state index is 0.159. The van der Waals surface area contributed by atoms with E-state index in [9.17, 15) is 14.7 Å². The number of nitrogens with one attached hydrogen (secondary N) is 1. The number of allylic oxidation sites excluding steroid dienone is 3. The van der Waals surface area contributed by atoms with Gasteiger partial charge in [0.05, 0.1) is 12.1 Å². The zero-order valence-corrected chi connectivity index (χ0v) is 15.9. The van der Waals surface area contributed by atoms with Gasteiger partial charge in [-0.3, -0.25) is 4.79 Å². The van der Waals surface area contributed by atoms with Crippen LogP contribution in [0.4, 0.5) is 4.79 Å². The Kier molecular flexibility index (Phi) is 6.42. The second kappa shape index (κ2) is 8.59. The van der Waals surface area contributed by atoms with Crippen molar-refractivity contribution in [3.8, 4) is 0 Å². The number of fused-ring (bicyclic) bond motifs is 2. The van der Waals surface area contributed by atoms with Crippen LogP contribution >= 0.6 is 11.8 Å². The van der Waals surface area contributed by atoms with E-state index in [1.165, 1.54) is 6.08 Å². The SMILES string of the molecule is CC1=CC(=O)OC2C[C@@H](CCCC=CCC1)O[C@@](O)([C@@H]1CSC(=O)N1)C2. The van der Waals surface area contributed by atoms with Crippen molar-refractivity contribution in [2.24, 2.45) is 0 Å². The lowest BCUT2D eigenvalue weighted by molar-refractivity contribution is -0.283. The van der Waals surface area contributed by atoms with Gasteiger partial charge >= 0.3 is 5.97 Å². The van der Waals surface area contributed by atoms with E-state index >= 15 is 0 Å². The number of hydrogen-bond donors (Lipinski definition) is 2. The molecule has 1 unspecified atom stereocenters. The van der Waals surface area contributed by atoms with Crippen molar-refractivity contribution in [3.63, 3.8) is 0 Å². The van der Waals surface area contributed by atoms with Crippen LogP contribution in [0, 0.1) is 0 Å². The van der Waals surface area contributed by atoms with E-state index in [-0.39, 0.29) is 23.7 Å². The van der Waals surface area contributed by atoms with Gasteiger partial charge in [-0.05, 0) is 39.0 Å². The molecule has 26 heavy (non-hydrogen) atoms. The van der Waals surface area contributed by atoms with Crippen molar-refractivity contribution in [1.82, 2.24) is 5.32 Å². The first-order chi connectivity index (χ1) is 12.4. The minimum atomic E-state index is -1.50. The first-order valence-corrected chi connectivity index (χ1v) is 10.3. The molecule has 144 valence electrons. The van der Waals surface area contributed by atoms with E-state index in [1.807, 2.05) is 6.92 Å². The fourth-order valence-corrected chi connectivity index (χ4v) is 4.58. The fourth-order valence-electron chi connectivity index (χ4n) is 3.69. The van der Waals surface area contributed by atoms with Crippen molar-refractivity contribution in [2.75, 3.05) is 5.75 Å². The van der Waals surface area contributed by atoms with Crippen molar-refractivity contribution < 1.29 is 24.2 Å². The largest absolute Gasteiger partial charge is 0.459 e. The molecule has 0 aromatic heterocycles. The first-order valence-electron chi connectivity index (χ1n) is 9.31. The average Bonchev–Trinajstić information content (AvgIpc) is 3.00. The molecule has 2 bridgehead atoms. The Hall–Kier alpha value is -1.31. The average molecular weight is 381 g/mol. The summed E-state index contributed by atoms with van der Waals surface area (Å²) in [6.07, 6.45) is 10.4. The van der Waals surface area contributed by atoms with Crippen LogP contribution in [-0.2, 0) is 14.3 Å². The van der Waals surface area contributed by atoms with Crippen molar-refractivity contribution >= 4 is 23.0 Å². The summed E-state index contributed by atoms with van der Waals surface area (Å²) in [7, 11) is 0. The lowest BCUT2D eigenvalue weighted by Crippen LogP contribution is -2.58. The van der Waals surface area contributed by atoms with Crippen LogP contribution in [0.5, 0.6) is 0 Å². The van der Waals surface area contributed by atoms with Crippen molar-refractivity contribution in [1.29, 1.82) is 0 Å². The van der Waals surface area contributed by atoms with Gasteiger partial charge in [-0.25, -0.2) is 4.79 Å². The first kappa shape index (κ1) is 19.5. The smallest absolute Gasteiger partial charge is 0.330 e. The van der Waals surface area contributed by atoms with Gasteiger partial charge in [0.15, 0.2) is 5.79 Å². The van der Waals surface area contributed by atoms with E-state index in [4.69, 9.17) is 9.47 Å². The van der Waals surface area contributed by atoms with Crippen molar-refractivity contribution in [2.45, 2.75) is 75.9 Å². The molecule has 1 amide bonds. The predicted octanol–water partition coefficient (Wildman–Crippen LogP) is 3.06. The van der Waals surface area contributed by atoms with Gasteiger partial charge in [0, 0.05) is 24.7 Å². The highest BCUT2D eigenvalue weighted by Crippen LogP contribution is 2.36. The monoisotopic (exact) mass is 381 g/mol. The number of thioether (sulfide) groups is 1. The molecule has 7 heteroatoms. The Labute approximate surface area is 158 Å². The third-order valence-corrected chi connectivity index (χ3v) is 5.93. The summed E-state index contributed by atoms with van der Waals surface area (Å²) in [5.41, 5.74) is 0.982. The standard InChI is InChI=1S/C19H27NO5S/c1-13-7-5-3-2-4-6-8-14-10-15(24-17(21)9-13)11-19(23,25-14)16-12-26-18(22)20-16/h2-3,9,14-16,23H,4-8,10-12H2,1H3,(H,20,22)/t14-,15?,16+,19-/m1/s1. The molecule has 2 fully saturated rings. The molecule has 0 saturated carbocycles. The number of amides is 1. The molecule has 0 radical (unpaired) electrons. The Balaban J connectivity index is 1.76. The highest BCUT2D eigenvalue weighted by molar-refractivity contribution is 8.14. The molecule has 0 spiro atoms. The number of carbonyl (C=O) groups is 2. The molecule has 0 aromatic carbocycles. The molecule has 3 aliphatic heterocycles. The Morgan fingerprint density at radius 1 is 1.27 bits per heavy atom. The van der Waals surface area contributed by atoms with Crippen LogP contribution in [0.25, 0.3) is 0 Å². The second-order valence-electron chi connectivity index (χ2n) is 7.31. The third kappa shape index (κ3) is 5.11. The zero-order valence-electron chi connectivity index (χ0n) is 15.1. The third-order valence-electron chi connectivity index (χ3n) is 5.05. The highest BCUT2D eigenvalue weighted by atomic mass is 32.2. The number of esters is 1. The van der Waals surface area contributed by atoms with Crippen LogP contribution in [0.15, 0.2) is 23.8 Å². The quantitative estimate of drug-likeness (QED) is 0.536. The summed E-state index contributed by atoms with van der Waals surface area (Å²) in [6, 6.07) is -0.486. The van der Waals surface area contributed by atoms with Crippen LogP contribution in [0.2, 0.25) is 0 Å². The number of hydrogen-bond acceptors (Lipinski definition) is 6. The van der Waals surface area contributed by atoms with Crippen LogP contribution in [0.1, 0.15) is 51.9 Å². The topological polar surface area (TPSA) is 84.9 Å². The molecule has 0 aliphatic carbocycles. The van der Waals surface area contributed by atoms with E-state index in [1.54, 1.807) is 0 Å². The zero-order chi connectivity index (χ0) is 18.6. The van der Waals surface area contributed by atoms with E-state index in [2.05, 4.69) is 17.5 Å². The number of aliphatic hydroxyl groups is 1. The molecule has 3 heterocycles. The van der Waals surface area contributed by atoms with Gasteiger partial charge in [0.1, 0.15) is 6.10 Å². The molecular weight excluding hydrogens is 354 g/mol. The maximum Gasteiger partial charge on any atom is 0.330 e. The number of rotatable bonds is 1. The van der Waals surface area contributed by atoms with E-state index < -0.39 is 17.9 Å². The van der Waals surface area contributed by atoms with Crippen LogP contribution < -0.4 is 5.32 Å². The second-order valence-corrected chi connectivity index (χ2v) is 8.30. The number of carbonyl (C=O) groups excluding carboxylic acids is 2. The molecular formula is C19H27NO5S. The molecule has 4 atom stereocenters. The Bertz CT molecular complexity index is 605. The summed E-state index contributed by atoms with van der Waals surface area (Å²) in [5.74, 6) is -1.43. The maximum atomic E-state index is 12.2. The normalized spacial score (nSPS) is 36.7. The molecule has 0 aromatic rings. The fraction of sp³-hybridized carbons (Fsp3) is 0.684. The Morgan fingerprint density at radius 3 is 2.85 bits per heavy atom. The molecule has 6 nitrogen and oxygen atoms in total. The van der Waals surface area contributed by atoms with E-state index in [0.717, 1.165) is 49.4 Å². The lowest BCUT2D eigenvalue weighted by atomic mass is 9.91. The molecule has 3 rings (SSSR count). The maximum absolute atomic E-state index is 12.2. The van der Waals surface area contributed by atoms with Gasteiger partial charge in [-0.2, -0.15) is 0 Å². The van der Waals surface area contributed by atoms with E-state index in [0.29, 0.717) is 12.2 Å². The van der Waals surface area contributed by atoms with Crippen LogP contribution in [-0.4, -0.2) is 46.1 Å². The number of ether oxygens (including phenoxy) is 2. The predicted molar refractivity (Wildman–Crippen MR) is 99.7 cm³/mol. The van der Waals surface area contributed by atoms with Crippen molar-refractivity contribution in [3.05, 3.63) is 23.8 Å². The lowest BCUT2D eigenvalue weighted by Gasteiger charge is -2.43. The van der Waals surface area contributed by atoms with Gasteiger partial charge in [-0.1, -0.05) is 29.5 Å². The minimum Gasteiger partial charge on any atom is -0.459 e. The van der Waals surface area contributed by atoms with Gasteiger partial charge in [-0.15, -0.1) is 0 Å². The summed E-state index contributed by atoms with van der Waals surface area (Å²) < 4.78 is 11.6. The summed E-state index contributed by atoms with van der Waals surface area (Å²) in [4.78, 5) is 23.8. The summed E-state index contributed by atoms with van der Waals surface area (Å²) >= 11 is 1.14. The van der Waals surface area contributed by atoms with Gasteiger partial charge in [0.25, 0.3) is 5.24 Å². The summed E-state index contributed by atoms with van der Waals surface area (Å²) in [5, 5.41) is 13.7. The Morgan fingerprint density at radius 2 is 2.08 bits per heavy atom. The van der Waals surface area contributed by atoms with Gasteiger partial charge < -0.3 is 19.9 Å². The van der Waals surface area contributed by atoms with Crippen LogP contribution in [0.3, 0.4) is 0 Å².